The van der Waals surface area contributed by atoms with Gasteiger partial charge < -0.3 is 4.42 Å². The summed E-state index contributed by atoms with van der Waals surface area (Å²) in [5.74, 6) is 0.866. The van der Waals surface area contributed by atoms with E-state index in [9.17, 15) is 10.1 Å². The van der Waals surface area contributed by atoms with Crippen LogP contribution in [0, 0.1) is 17.2 Å². The molecule has 118 valence electrons. The zero-order chi connectivity index (χ0) is 16.5. The van der Waals surface area contributed by atoms with Crippen molar-refractivity contribution >= 4 is 15.9 Å². The maximum absolute atomic E-state index is 11.6. The number of hydrogen-bond acceptors (Lipinski definition) is 3. The number of alkyl halides is 1. The smallest absolute Gasteiger partial charge is 0.185 e. The molecule has 3 nitrogen and oxygen atoms in total. The van der Waals surface area contributed by atoms with E-state index in [2.05, 4.69) is 41.9 Å². The molecule has 0 aromatic carbocycles. The summed E-state index contributed by atoms with van der Waals surface area (Å²) in [6, 6.07) is 5.19. The Morgan fingerprint density at radius 3 is 2.64 bits per heavy atom. The number of allylic oxidation sites excluding steroid dienone is 4. The second-order valence-corrected chi connectivity index (χ2v) is 6.19. The van der Waals surface area contributed by atoms with Crippen molar-refractivity contribution in [1.29, 1.82) is 5.26 Å². The highest BCUT2D eigenvalue weighted by Gasteiger charge is 2.10. The number of rotatable bonds is 7. The zero-order valence-electron chi connectivity index (χ0n) is 13.4. The molecule has 0 fully saturated rings. The van der Waals surface area contributed by atoms with Crippen molar-refractivity contribution in [2.75, 3.05) is 0 Å². The van der Waals surface area contributed by atoms with Crippen molar-refractivity contribution in [2.45, 2.75) is 45.4 Å². The second-order valence-electron chi connectivity index (χ2n) is 5.63. The molecular weight excluding hydrogens is 342 g/mol. The Morgan fingerprint density at radius 2 is 2.05 bits per heavy atom. The van der Waals surface area contributed by atoms with Gasteiger partial charge in [-0.05, 0) is 33.6 Å². The molecule has 0 N–H and O–H groups in total. The summed E-state index contributed by atoms with van der Waals surface area (Å²) in [6.07, 6.45) is 6.51. The van der Waals surface area contributed by atoms with Crippen LogP contribution in [0.3, 0.4) is 0 Å². The van der Waals surface area contributed by atoms with Crippen LogP contribution in [0.25, 0.3) is 0 Å². The average Bonchev–Trinajstić information content (AvgIpc) is 2.45. The van der Waals surface area contributed by atoms with Crippen molar-refractivity contribution in [1.82, 2.24) is 0 Å². The van der Waals surface area contributed by atoms with Gasteiger partial charge in [0.2, 0.25) is 0 Å². The van der Waals surface area contributed by atoms with Crippen LogP contribution in [-0.2, 0) is 11.8 Å². The number of halogens is 1. The quantitative estimate of drug-likeness (QED) is 0.510. The third-order valence-corrected chi connectivity index (χ3v) is 3.72. The van der Waals surface area contributed by atoms with Gasteiger partial charge in [-0.15, -0.1) is 0 Å². The van der Waals surface area contributed by atoms with E-state index in [1.165, 1.54) is 23.3 Å². The highest BCUT2D eigenvalue weighted by molar-refractivity contribution is 9.08. The maximum Gasteiger partial charge on any atom is 0.185 e. The lowest BCUT2D eigenvalue weighted by atomic mass is 10.00. The molecule has 0 aliphatic carbocycles. The molecule has 0 saturated heterocycles. The molecule has 4 heteroatoms. The molecule has 0 amide bonds. The van der Waals surface area contributed by atoms with Gasteiger partial charge >= 0.3 is 0 Å². The number of nitriles is 1. The van der Waals surface area contributed by atoms with Crippen LogP contribution in [0.2, 0.25) is 0 Å². The normalized spacial score (nSPS) is 12.6. The summed E-state index contributed by atoms with van der Waals surface area (Å²) in [5, 5.41) is 9.80. The zero-order valence-corrected chi connectivity index (χ0v) is 14.9. The highest BCUT2D eigenvalue weighted by Crippen LogP contribution is 2.15. The van der Waals surface area contributed by atoms with Crippen molar-refractivity contribution in [3.05, 3.63) is 57.2 Å². The largest absolute Gasteiger partial charge is 0.465 e. The summed E-state index contributed by atoms with van der Waals surface area (Å²) in [6.45, 7) is 6.19. The van der Waals surface area contributed by atoms with Crippen LogP contribution >= 0.6 is 15.9 Å². The van der Waals surface area contributed by atoms with Crippen LogP contribution in [0.15, 0.2) is 44.6 Å². The van der Waals surface area contributed by atoms with Crippen molar-refractivity contribution in [3.8, 4) is 6.07 Å². The molecule has 0 spiro atoms. The minimum absolute atomic E-state index is 0.0864. The molecule has 1 rings (SSSR count). The molecule has 1 heterocycles. The Kier molecular flexibility index (Phi) is 7.90. The number of nitrogens with zero attached hydrogens (tertiary/aromatic N) is 1. The van der Waals surface area contributed by atoms with Crippen LogP contribution in [0.1, 0.15) is 45.1 Å². The first-order valence-electron chi connectivity index (χ1n) is 7.33. The first kappa shape index (κ1) is 18.4. The van der Waals surface area contributed by atoms with Crippen LogP contribution in [-0.4, -0.2) is 0 Å². The molecular formula is C18H22BrNO2. The summed E-state index contributed by atoms with van der Waals surface area (Å²) in [7, 11) is 0. The monoisotopic (exact) mass is 363 g/mol. The Morgan fingerprint density at radius 1 is 1.36 bits per heavy atom. The SMILES string of the molecule is CC(C)=CCC/C(C)=C/C(C#N)Cc1cc(=O)cc(CBr)o1. The van der Waals surface area contributed by atoms with Gasteiger partial charge in [0.05, 0.1) is 17.3 Å². The fourth-order valence-electron chi connectivity index (χ4n) is 2.13. The van der Waals surface area contributed by atoms with Gasteiger partial charge in [0.15, 0.2) is 5.43 Å². The predicted molar refractivity (Wildman–Crippen MR) is 92.8 cm³/mol. The maximum atomic E-state index is 11.6. The van der Waals surface area contributed by atoms with Crippen LogP contribution in [0.4, 0.5) is 0 Å². The Hall–Kier alpha value is -1.60. The molecule has 22 heavy (non-hydrogen) atoms. The van der Waals surface area contributed by atoms with Gasteiger partial charge in [-0.3, -0.25) is 4.79 Å². The Labute approximate surface area is 140 Å². The lowest BCUT2D eigenvalue weighted by molar-refractivity contribution is 0.451. The molecule has 0 saturated carbocycles. The van der Waals surface area contributed by atoms with Crippen molar-refractivity contribution in [2.24, 2.45) is 5.92 Å². The first-order chi connectivity index (χ1) is 10.4. The van der Waals surface area contributed by atoms with E-state index in [1.54, 1.807) is 0 Å². The molecule has 0 bridgehead atoms. The minimum Gasteiger partial charge on any atom is -0.465 e. The standard InChI is InChI=1S/C18H22BrNO2/c1-13(2)5-4-6-14(3)7-15(12-20)8-17-9-16(21)10-18(11-19)22-17/h5,7,9-10,15H,4,6,8,11H2,1-3H3/b14-7+. The topological polar surface area (TPSA) is 54.0 Å². The number of hydrogen-bond donors (Lipinski definition) is 0. The summed E-state index contributed by atoms with van der Waals surface area (Å²) in [5.41, 5.74) is 2.40. The lowest BCUT2D eigenvalue weighted by Gasteiger charge is -2.07. The van der Waals surface area contributed by atoms with E-state index in [0.717, 1.165) is 12.8 Å². The van der Waals surface area contributed by atoms with E-state index in [0.29, 0.717) is 23.3 Å². The van der Waals surface area contributed by atoms with E-state index < -0.39 is 0 Å². The van der Waals surface area contributed by atoms with E-state index in [1.807, 2.05) is 13.0 Å². The Bertz CT molecular complexity index is 646. The molecule has 0 radical (unpaired) electrons. The van der Waals surface area contributed by atoms with Gasteiger partial charge in [-0.25, -0.2) is 0 Å². The molecule has 0 aliphatic heterocycles. The molecule has 1 atom stereocenters. The van der Waals surface area contributed by atoms with E-state index in [4.69, 9.17) is 4.42 Å². The fourth-order valence-corrected chi connectivity index (χ4v) is 2.40. The second kappa shape index (κ2) is 9.42. The van der Waals surface area contributed by atoms with Crippen molar-refractivity contribution < 1.29 is 4.42 Å². The average molecular weight is 364 g/mol. The predicted octanol–water partition coefficient (Wildman–Crippen LogP) is 4.91. The van der Waals surface area contributed by atoms with Gasteiger partial charge in [0.25, 0.3) is 0 Å². The van der Waals surface area contributed by atoms with Gasteiger partial charge in [-0.2, -0.15) is 5.26 Å². The fraction of sp³-hybridized carbons (Fsp3) is 0.444. The molecule has 1 unspecified atom stereocenters. The van der Waals surface area contributed by atoms with E-state index >= 15 is 0 Å². The molecule has 1 aromatic rings. The lowest BCUT2D eigenvalue weighted by Crippen LogP contribution is -2.06. The van der Waals surface area contributed by atoms with Gasteiger partial charge in [0.1, 0.15) is 11.5 Å². The van der Waals surface area contributed by atoms with Crippen molar-refractivity contribution in [3.63, 3.8) is 0 Å². The van der Waals surface area contributed by atoms with Gasteiger partial charge in [-0.1, -0.05) is 39.2 Å². The third-order valence-electron chi connectivity index (χ3n) is 3.16. The minimum atomic E-state index is -0.277. The van der Waals surface area contributed by atoms with Gasteiger partial charge in [0, 0.05) is 18.6 Å². The molecule has 1 aromatic heterocycles. The summed E-state index contributed by atoms with van der Waals surface area (Å²) < 4.78 is 5.60. The third kappa shape index (κ3) is 6.91. The van der Waals surface area contributed by atoms with Crippen LogP contribution in [0.5, 0.6) is 0 Å². The first-order valence-corrected chi connectivity index (χ1v) is 8.46. The van der Waals surface area contributed by atoms with E-state index in [-0.39, 0.29) is 11.3 Å². The summed E-state index contributed by atoms with van der Waals surface area (Å²) in [4.78, 5) is 11.6. The highest BCUT2D eigenvalue weighted by atomic mass is 79.9. The summed E-state index contributed by atoms with van der Waals surface area (Å²) >= 11 is 3.27. The molecule has 0 aliphatic rings. The van der Waals surface area contributed by atoms with Crippen LogP contribution < -0.4 is 5.43 Å². The Balaban J connectivity index is 2.77.